The molecule has 24 heavy (non-hydrogen) atoms. The summed E-state index contributed by atoms with van der Waals surface area (Å²) in [7, 11) is 1.83. The smallest absolute Gasteiger partial charge is 0.191 e. The minimum Gasteiger partial charge on any atom is -0.382 e. The second kappa shape index (κ2) is 13.4. The van der Waals surface area contributed by atoms with E-state index in [1.54, 1.807) is 0 Å². The maximum atomic E-state index is 5.52. The first-order valence-corrected chi connectivity index (χ1v) is 9.60. The zero-order chi connectivity index (χ0) is 17.6. The lowest BCUT2D eigenvalue weighted by molar-refractivity contribution is 0.00272. The van der Waals surface area contributed by atoms with E-state index >= 15 is 0 Å². The molecular formula is C18H38N4O2. The Bertz CT molecular complexity index is 329. The number of aliphatic imine (C=N–C) groups is 1. The van der Waals surface area contributed by atoms with Crippen LogP contribution in [0.2, 0.25) is 0 Å². The molecule has 0 aromatic carbocycles. The van der Waals surface area contributed by atoms with Crippen LogP contribution < -0.4 is 10.6 Å². The third kappa shape index (κ3) is 7.81. The highest BCUT2D eigenvalue weighted by Crippen LogP contribution is 2.19. The number of hydrogen-bond donors (Lipinski definition) is 2. The summed E-state index contributed by atoms with van der Waals surface area (Å²) in [6.45, 7) is 13.8. The van der Waals surface area contributed by atoms with E-state index in [1.807, 2.05) is 14.0 Å². The molecule has 0 aromatic rings. The van der Waals surface area contributed by atoms with Crippen LogP contribution in [-0.4, -0.2) is 76.6 Å². The van der Waals surface area contributed by atoms with Crippen molar-refractivity contribution in [1.82, 2.24) is 15.5 Å². The molecule has 0 aliphatic carbocycles. The SMILES string of the molecule is CCOCCCNC(=NC)NCC(C(CC)CC)N1CCOCC1. The molecular weight excluding hydrogens is 304 g/mol. The van der Waals surface area contributed by atoms with Gasteiger partial charge in [-0.1, -0.05) is 26.7 Å². The maximum Gasteiger partial charge on any atom is 0.191 e. The van der Waals surface area contributed by atoms with Crippen LogP contribution in [0, 0.1) is 5.92 Å². The van der Waals surface area contributed by atoms with Crippen LogP contribution in [0.5, 0.6) is 0 Å². The van der Waals surface area contributed by atoms with E-state index in [0.717, 1.165) is 65.0 Å². The van der Waals surface area contributed by atoms with Crippen LogP contribution in [0.15, 0.2) is 4.99 Å². The van der Waals surface area contributed by atoms with Crippen molar-refractivity contribution in [3.05, 3.63) is 0 Å². The van der Waals surface area contributed by atoms with Gasteiger partial charge in [-0.05, 0) is 19.3 Å². The van der Waals surface area contributed by atoms with Gasteiger partial charge < -0.3 is 20.1 Å². The molecule has 1 aliphatic rings. The Morgan fingerprint density at radius 2 is 1.88 bits per heavy atom. The van der Waals surface area contributed by atoms with Crippen molar-refractivity contribution in [2.45, 2.75) is 46.1 Å². The topological polar surface area (TPSA) is 58.1 Å². The Balaban J connectivity index is 2.46. The quantitative estimate of drug-likeness (QED) is 0.340. The van der Waals surface area contributed by atoms with E-state index in [9.17, 15) is 0 Å². The minimum atomic E-state index is 0.533. The minimum absolute atomic E-state index is 0.533. The van der Waals surface area contributed by atoms with Crippen LogP contribution in [0.4, 0.5) is 0 Å². The molecule has 1 aliphatic heterocycles. The van der Waals surface area contributed by atoms with Gasteiger partial charge in [0.15, 0.2) is 5.96 Å². The Hall–Kier alpha value is -0.850. The molecule has 1 atom stereocenters. The number of rotatable bonds is 11. The molecule has 1 unspecified atom stereocenters. The largest absolute Gasteiger partial charge is 0.382 e. The number of morpholine rings is 1. The first kappa shape index (κ1) is 21.2. The summed E-state index contributed by atoms with van der Waals surface area (Å²) in [4.78, 5) is 6.92. The lowest BCUT2D eigenvalue weighted by atomic mass is 9.92. The summed E-state index contributed by atoms with van der Waals surface area (Å²) in [6, 6.07) is 0.533. The highest BCUT2D eigenvalue weighted by Gasteiger charge is 2.26. The van der Waals surface area contributed by atoms with E-state index in [-0.39, 0.29) is 0 Å². The average molecular weight is 343 g/mol. The second-order valence-electron chi connectivity index (χ2n) is 6.22. The van der Waals surface area contributed by atoms with E-state index in [2.05, 4.69) is 34.4 Å². The van der Waals surface area contributed by atoms with Gasteiger partial charge in [0.2, 0.25) is 0 Å². The Morgan fingerprint density at radius 3 is 2.46 bits per heavy atom. The lowest BCUT2D eigenvalue weighted by Crippen LogP contribution is -2.53. The zero-order valence-corrected chi connectivity index (χ0v) is 16.1. The van der Waals surface area contributed by atoms with E-state index in [0.29, 0.717) is 12.0 Å². The Labute approximate surface area is 148 Å². The molecule has 6 nitrogen and oxygen atoms in total. The summed E-state index contributed by atoms with van der Waals surface area (Å²) < 4.78 is 10.9. The fourth-order valence-corrected chi connectivity index (χ4v) is 3.28. The summed E-state index contributed by atoms with van der Waals surface area (Å²) in [5.41, 5.74) is 0. The lowest BCUT2D eigenvalue weighted by Gasteiger charge is -2.39. The van der Waals surface area contributed by atoms with Crippen molar-refractivity contribution >= 4 is 5.96 Å². The van der Waals surface area contributed by atoms with E-state index < -0.39 is 0 Å². The molecule has 0 aromatic heterocycles. The van der Waals surface area contributed by atoms with Crippen molar-refractivity contribution in [3.63, 3.8) is 0 Å². The number of ether oxygens (including phenoxy) is 2. The molecule has 0 radical (unpaired) electrons. The van der Waals surface area contributed by atoms with Gasteiger partial charge in [-0.15, -0.1) is 0 Å². The normalized spacial score (nSPS) is 18.0. The van der Waals surface area contributed by atoms with Crippen LogP contribution in [-0.2, 0) is 9.47 Å². The molecule has 0 bridgehead atoms. The molecule has 0 amide bonds. The summed E-state index contributed by atoms with van der Waals surface area (Å²) in [6.07, 6.45) is 3.41. The highest BCUT2D eigenvalue weighted by atomic mass is 16.5. The first-order chi connectivity index (χ1) is 11.8. The van der Waals surface area contributed by atoms with Crippen LogP contribution in [0.25, 0.3) is 0 Å². The fraction of sp³-hybridized carbons (Fsp3) is 0.944. The molecule has 142 valence electrons. The van der Waals surface area contributed by atoms with Gasteiger partial charge in [0.25, 0.3) is 0 Å². The predicted octanol–water partition coefficient (Wildman–Crippen LogP) is 1.72. The van der Waals surface area contributed by atoms with Gasteiger partial charge in [0.05, 0.1) is 13.2 Å². The average Bonchev–Trinajstić information content (AvgIpc) is 2.63. The van der Waals surface area contributed by atoms with Gasteiger partial charge >= 0.3 is 0 Å². The Morgan fingerprint density at radius 1 is 1.17 bits per heavy atom. The van der Waals surface area contributed by atoms with Gasteiger partial charge in [-0.25, -0.2) is 0 Å². The fourth-order valence-electron chi connectivity index (χ4n) is 3.28. The van der Waals surface area contributed by atoms with E-state index in [4.69, 9.17) is 9.47 Å². The monoisotopic (exact) mass is 342 g/mol. The van der Waals surface area contributed by atoms with Crippen LogP contribution >= 0.6 is 0 Å². The summed E-state index contributed by atoms with van der Waals surface area (Å²) >= 11 is 0. The van der Waals surface area contributed by atoms with Crippen molar-refractivity contribution in [3.8, 4) is 0 Å². The summed E-state index contributed by atoms with van der Waals surface area (Å²) in [5, 5.41) is 6.90. The molecule has 1 fully saturated rings. The molecule has 1 saturated heterocycles. The highest BCUT2D eigenvalue weighted by molar-refractivity contribution is 5.79. The third-order valence-corrected chi connectivity index (χ3v) is 4.77. The van der Waals surface area contributed by atoms with E-state index in [1.165, 1.54) is 12.8 Å². The number of nitrogens with one attached hydrogen (secondary N) is 2. The molecule has 2 N–H and O–H groups in total. The Kier molecular flexibility index (Phi) is 11.9. The van der Waals surface area contributed by atoms with Gasteiger partial charge in [0, 0.05) is 52.5 Å². The van der Waals surface area contributed by atoms with Crippen molar-refractivity contribution in [2.24, 2.45) is 10.9 Å². The van der Waals surface area contributed by atoms with Crippen molar-refractivity contribution in [1.29, 1.82) is 0 Å². The molecule has 1 rings (SSSR count). The van der Waals surface area contributed by atoms with Crippen molar-refractivity contribution in [2.75, 3.05) is 59.7 Å². The van der Waals surface area contributed by atoms with Crippen molar-refractivity contribution < 1.29 is 9.47 Å². The zero-order valence-electron chi connectivity index (χ0n) is 16.1. The summed E-state index contributed by atoms with van der Waals surface area (Å²) in [5.74, 6) is 1.59. The number of nitrogens with zero attached hydrogens (tertiary/aromatic N) is 2. The van der Waals surface area contributed by atoms with Gasteiger partial charge in [-0.2, -0.15) is 0 Å². The molecule has 0 spiro atoms. The molecule has 0 saturated carbocycles. The van der Waals surface area contributed by atoms with Gasteiger partial charge in [0.1, 0.15) is 0 Å². The molecule has 1 heterocycles. The number of guanidine groups is 1. The van der Waals surface area contributed by atoms with Gasteiger partial charge in [-0.3, -0.25) is 9.89 Å². The number of hydrogen-bond acceptors (Lipinski definition) is 4. The molecule has 6 heteroatoms. The predicted molar refractivity (Wildman–Crippen MR) is 101 cm³/mol. The third-order valence-electron chi connectivity index (χ3n) is 4.77. The maximum absolute atomic E-state index is 5.52. The second-order valence-corrected chi connectivity index (χ2v) is 6.22. The van der Waals surface area contributed by atoms with Crippen LogP contribution in [0.1, 0.15) is 40.0 Å². The first-order valence-electron chi connectivity index (χ1n) is 9.60. The van der Waals surface area contributed by atoms with Crippen LogP contribution in [0.3, 0.4) is 0 Å². The standard InChI is InChI=1S/C18H38N4O2/c1-5-16(6-2)17(22-10-13-24-14-11-22)15-21-18(19-4)20-9-8-12-23-7-3/h16-17H,5-15H2,1-4H3,(H2,19,20,21).